The fraction of sp³-hybridized carbons (Fsp3) is 0.154. The second-order valence-electron chi connectivity index (χ2n) is 4.07. The third-order valence-corrected chi connectivity index (χ3v) is 2.73. The number of benzene rings is 1. The van der Waals surface area contributed by atoms with Crippen LogP contribution in [0.3, 0.4) is 0 Å². The Kier molecular flexibility index (Phi) is 4.52. The number of nitro groups is 1. The zero-order chi connectivity index (χ0) is 15.2. The minimum absolute atomic E-state index is 0.152. The van der Waals surface area contributed by atoms with Gasteiger partial charge in [-0.2, -0.15) is 0 Å². The Hall–Kier alpha value is -2.87. The third-order valence-electron chi connectivity index (χ3n) is 2.73. The van der Waals surface area contributed by atoms with Crippen molar-refractivity contribution in [2.75, 3.05) is 12.5 Å². The van der Waals surface area contributed by atoms with Gasteiger partial charge in [-0.25, -0.2) is 10.8 Å². The maximum atomic E-state index is 11.0. The van der Waals surface area contributed by atoms with E-state index in [0.717, 1.165) is 5.56 Å². The van der Waals surface area contributed by atoms with Gasteiger partial charge in [0, 0.05) is 6.20 Å². The Balaban J connectivity index is 2.17. The first kappa shape index (κ1) is 14.5. The van der Waals surface area contributed by atoms with Gasteiger partial charge in [0.1, 0.15) is 18.2 Å². The Morgan fingerprint density at radius 2 is 2.19 bits per heavy atom. The molecule has 0 saturated carbocycles. The van der Waals surface area contributed by atoms with Gasteiger partial charge < -0.3 is 14.9 Å². The van der Waals surface area contributed by atoms with E-state index in [1.54, 1.807) is 24.4 Å². The highest BCUT2D eigenvalue weighted by atomic mass is 16.6. The van der Waals surface area contributed by atoms with Crippen LogP contribution in [0.4, 0.5) is 11.5 Å². The zero-order valence-electron chi connectivity index (χ0n) is 11.3. The van der Waals surface area contributed by atoms with Crippen LogP contribution >= 0.6 is 0 Å². The van der Waals surface area contributed by atoms with Gasteiger partial charge in [0.2, 0.25) is 0 Å². The Bertz CT molecular complexity index is 648. The molecule has 0 amide bonds. The molecular formula is C13H14N4O4. The smallest absolute Gasteiger partial charge is 0.314 e. The average molecular weight is 290 g/mol. The lowest BCUT2D eigenvalue weighted by molar-refractivity contribution is -0.386. The first-order valence-corrected chi connectivity index (χ1v) is 6.01. The van der Waals surface area contributed by atoms with Gasteiger partial charge in [-0.05, 0) is 29.8 Å². The fourth-order valence-corrected chi connectivity index (χ4v) is 1.69. The van der Waals surface area contributed by atoms with Crippen molar-refractivity contribution in [3.8, 4) is 11.5 Å². The molecule has 8 nitrogen and oxygen atoms in total. The summed E-state index contributed by atoms with van der Waals surface area (Å²) in [5.74, 6) is 6.31. The SMILES string of the molecule is COc1ccc(OCc2ccnc(NN)c2)c([N+](=O)[O-])c1. The molecule has 1 aromatic carbocycles. The monoisotopic (exact) mass is 290 g/mol. The molecule has 2 rings (SSSR count). The second-order valence-corrected chi connectivity index (χ2v) is 4.07. The van der Waals surface area contributed by atoms with E-state index in [4.69, 9.17) is 15.3 Å². The number of nitrogen functional groups attached to an aromatic ring is 1. The molecule has 0 saturated heterocycles. The number of hydrogen-bond acceptors (Lipinski definition) is 7. The van der Waals surface area contributed by atoms with Crippen LogP contribution in [0.15, 0.2) is 36.5 Å². The Morgan fingerprint density at radius 1 is 1.38 bits per heavy atom. The lowest BCUT2D eigenvalue weighted by Gasteiger charge is -2.08. The molecule has 8 heteroatoms. The number of aromatic nitrogens is 1. The van der Waals surface area contributed by atoms with Crippen molar-refractivity contribution in [1.82, 2.24) is 4.98 Å². The summed E-state index contributed by atoms with van der Waals surface area (Å²) in [6.07, 6.45) is 1.57. The van der Waals surface area contributed by atoms with Crippen molar-refractivity contribution in [3.05, 3.63) is 52.2 Å². The van der Waals surface area contributed by atoms with Crippen molar-refractivity contribution < 1.29 is 14.4 Å². The van der Waals surface area contributed by atoms with E-state index in [9.17, 15) is 10.1 Å². The van der Waals surface area contributed by atoms with Gasteiger partial charge in [0.05, 0.1) is 18.1 Å². The van der Waals surface area contributed by atoms with Gasteiger partial charge in [-0.15, -0.1) is 0 Å². The summed E-state index contributed by atoms with van der Waals surface area (Å²) < 4.78 is 10.5. The number of hydrazine groups is 1. The van der Waals surface area contributed by atoms with E-state index in [1.165, 1.54) is 19.2 Å². The molecule has 0 spiro atoms. The Labute approximate surface area is 120 Å². The quantitative estimate of drug-likeness (QED) is 0.474. The number of nitrogens with zero attached hydrogens (tertiary/aromatic N) is 2. The normalized spacial score (nSPS) is 10.0. The summed E-state index contributed by atoms with van der Waals surface area (Å²) in [5.41, 5.74) is 3.05. The number of hydrogen-bond donors (Lipinski definition) is 2. The number of pyridine rings is 1. The lowest BCUT2D eigenvalue weighted by Crippen LogP contribution is -2.09. The number of nitro benzene ring substituents is 1. The third kappa shape index (κ3) is 3.57. The van der Waals surface area contributed by atoms with Crippen LogP contribution in [0.2, 0.25) is 0 Å². The first-order valence-electron chi connectivity index (χ1n) is 6.01. The van der Waals surface area contributed by atoms with E-state index in [0.29, 0.717) is 11.6 Å². The summed E-state index contributed by atoms with van der Waals surface area (Å²) >= 11 is 0. The topological polar surface area (TPSA) is 113 Å². The second kappa shape index (κ2) is 6.53. The molecule has 110 valence electrons. The van der Waals surface area contributed by atoms with Gasteiger partial charge >= 0.3 is 5.69 Å². The molecule has 0 aliphatic heterocycles. The minimum Gasteiger partial charge on any atom is -0.496 e. The summed E-state index contributed by atoms with van der Waals surface area (Å²) in [6, 6.07) is 7.84. The van der Waals surface area contributed by atoms with Crippen molar-refractivity contribution in [1.29, 1.82) is 0 Å². The molecule has 0 aliphatic carbocycles. The zero-order valence-corrected chi connectivity index (χ0v) is 11.3. The van der Waals surface area contributed by atoms with Crippen LogP contribution in [0.25, 0.3) is 0 Å². The molecule has 0 fully saturated rings. The van der Waals surface area contributed by atoms with Crippen LogP contribution in [0.1, 0.15) is 5.56 Å². The Morgan fingerprint density at radius 3 is 2.86 bits per heavy atom. The predicted octanol–water partition coefficient (Wildman–Crippen LogP) is 1.86. The average Bonchev–Trinajstić information content (AvgIpc) is 2.52. The minimum atomic E-state index is -0.517. The van der Waals surface area contributed by atoms with Crippen LogP contribution in [-0.2, 0) is 6.61 Å². The number of nitrogens with two attached hydrogens (primary N) is 1. The molecule has 1 aromatic heterocycles. The number of methoxy groups -OCH3 is 1. The molecule has 1 heterocycles. The highest BCUT2D eigenvalue weighted by Crippen LogP contribution is 2.31. The number of rotatable bonds is 6. The largest absolute Gasteiger partial charge is 0.496 e. The number of nitrogens with one attached hydrogen (secondary N) is 1. The van der Waals surface area contributed by atoms with Crippen molar-refractivity contribution in [2.45, 2.75) is 6.61 Å². The molecule has 3 N–H and O–H groups in total. The van der Waals surface area contributed by atoms with Crippen molar-refractivity contribution >= 4 is 11.5 Å². The summed E-state index contributed by atoms with van der Waals surface area (Å²) in [5, 5.41) is 11.0. The molecule has 0 atom stereocenters. The van der Waals surface area contributed by atoms with Crippen LogP contribution in [0.5, 0.6) is 11.5 Å². The molecule has 0 aliphatic rings. The summed E-state index contributed by atoms with van der Waals surface area (Å²) in [7, 11) is 1.44. The van der Waals surface area contributed by atoms with E-state index >= 15 is 0 Å². The van der Waals surface area contributed by atoms with Gasteiger partial charge in [0.15, 0.2) is 5.75 Å². The molecule has 2 aromatic rings. The van der Waals surface area contributed by atoms with Gasteiger partial charge in [0.25, 0.3) is 0 Å². The molecule has 0 bridgehead atoms. The van der Waals surface area contributed by atoms with Crippen molar-refractivity contribution in [2.24, 2.45) is 5.84 Å². The molecule has 21 heavy (non-hydrogen) atoms. The first-order chi connectivity index (χ1) is 10.1. The van der Waals surface area contributed by atoms with E-state index < -0.39 is 4.92 Å². The maximum absolute atomic E-state index is 11.0. The van der Waals surface area contributed by atoms with E-state index in [-0.39, 0.29) is 18.0 Å². The van der Waals surface area contributed by atoms with Crippen LogP contribution < -0.4 is 20.7 Å². The summed E-state index contributed by atoms with van der Waals surface area (Å²) in [6.45, 7) is 0.157. The highest BCUT2D eigenvalue weighted by Gasteiger charge is 2.16. The maximum Gasteiger partial charge on any atom is 0.314 e. The van der Waals surface area contributed by atoms with E-state index in [2.05, 4.69) is 10.4 Å². The summed E-state index contributed by atoms with van der Waals surface area (Å²) in [4.78, 5) is 14.5. The number of anilines is 1. The van der Waals surface area contributed by atoms with Crippen LogP contribution in [-0.4, -0.2) is 17.0 Å². The van der Waals surface area contributed by atoms with Gasteiger partial charge in [-0.3, -0.25) is 10.1 Å². The van der Waals surface area contributed by atoms with Crippen LogP contribution in [0, 0.1) is 10.1 Å². The van der Waals surface area contributed by atoms with Crippen molar-refractivity contribution in [3.63, 3.8) is 0 Å². The van der Waals surface area contributed by atoms with Gasteiger partial charge in [-0.1, -0.05) is 0 Å². The lowest BCUT2D eigenvalue weighted by atomic mass is 10.2. The van der Waals surface area contributed by atoms with E-state index in [1.807, 2.05) is 0 Å². The number of ether oxygens (including phenoxy) is 2. The highest BCUT2D eigenvalue weighted by molar-refractivity contribution is 5.51. The molecular weight excluding hydrogens is 276 g/mol. The predicted molar refractivity (Wildman–Crippen MR) is 76.0 cm³/mol. The standard InChI is InChI=1S/C13H14N4O4/c1-20-10-2-3-12(11(7-10)17(18)19)21-8-9-4-5-15-13(6-9)16-14/h2-7H,8,14H2,1H3,(H,15,16). The fourth-order valence-electron chi connectivity index (χ4n) is 1.69. The molecule has 0 radical (unpaired) electrons. The molecule has 0 unspecified atom stereocenters.